The summed E-state index contributed by atoms with van der Waals surface area (Å²) < 4.78 is 25.3. The van der Waals surface area contributed by atoms with Crippen molar-refractivity contribution < 1.29 is 22.4 Å². The molecule has 2 aliphatic rings. The average molecular weight is 574 g/mol. The number of amides is 1. The Hall–Kier alpha value is -4.51. The molecule has 1 unspecified atom stereocenters. The van der Waals surface area contributed by atoms with Crippen LogP contribution in [0.15, 0.2) is 124 Å². The molecule has 3 atom stereocenters. The highest BCUT2D eigenvalue weighted by molar-refractivity contribution is 7.31. The molecule has 0 N–H and O–H groups in total. The SMILES string of the molecule is O=C(OCc1ccccc1)N1[C@@H]2C=C[C@H]1CC(Op1oc3ccc4ccccc4c3c3c(ccc4ccccc43)o1)C2. The fourth-order valence-electron chi connectivity index (χ4n) is 6.37. The molecule has 8 rings (SSSR count). The lowest BCUT2D eigenvalue weighted by Crippen LogP contribution is -2.49. The third kappa shape index (κ3) is 4.44. The Morgan fingerprint density at radius 3 is 1.86 bits per heavy atom. The predicted octanol–water partition coefficient (Wildman–Crippen LogP) is 9.13. The van der Waals surface area contributed by atoms with Crippen molar-refractivity contribution in [2.24, 2.45) is 0 Å². The van der Waals surface area contributed by atoms with E-state index in [1.165, 1.54) is 0 Å². The molecule has 42 heavy (non-hydrogen) atoms. The lowest BCUT2D eigenvalue weighted by molar-refractivity contribution is 0.0464. The highest BCUT2D eigenvalue weighted by Gasteiger charge is 2.42. The first-order valence-corrected chi connectivity index (χ1v) is 15.3. The number of rotatable bonds is 4. The van der Waals surface area contributed by atoms with Crippen LogP contribution in [-0.4, -0.2) is 29.2 Å². The second-order valence-electron chi connectivity index (χ2n) is 10.9. The van der Waals surface area contributed by atoms with Crippen LogP contribution in [-0.2, 0) is 11.3 Å². The monoisotopic (exact) mass is 573 g/mol. The maximum absolute atomic E-state index is 13.0. The van der Waals surface area contributed by atoms with Gasteiger partial charge in [-0.2, -0.15) is 0 Å². The molecule has 0 radical (unpaired) electrons. The minimum atomic E-state index is -1.74. The second kappa shape index (κ2) is 10.4. The molecule has 6 aromatic rings. The summed E-state index contributed by atoms with van der Waals surface area (Å²) in [7, 11) is -1.74. The highest BCUT2D eigenvalue weighted by atomic mass is 31.1. The third-order valence-electron chi connectivity index (χ3n) is 8.31. The van der Waals surface area contributed by atoms with Crippen molar-refractivity contribution in [3.8, 4) is 0 Å². The number of fused-ring (bicyclic) bond motifs is 9. The maximum Gasteiger partial charge on any atom is 0.411 e. The van der Waals surface area contributed by atoms with Crippen LogP contribution in [0.5, 0.6) is 0 Å². The van der Waals surface area contributed by atoms with E-state index in [0.29, 0.717) is 12.8 Å². The fraction of sp³-hybridized carbons (Fsp3) is 0.171. The number of carbonyl (C=O) groups is 1. The molecule has 1 aromatic heterocycles. The number of benzene rings is 5. The van der Waals surface area contributed by atoms with Crippen molar-refractivity contribution in [2.75, 3.05) is 0 Å². The van der Waals surface area contributed by atoms with Gasteiger partial charge in [0.15, 0.2) is 0 Å². The van der Waals surface area contributed by atoms with Gasteiger partial charge in [0, 0.05) is 10.8 Å². The fourth-order valence-corrected chi connectivity index (χ4v) is 7.54. The molecule has 7 heteroatoms. The van der Waals surface area contributed by atoms with E-state index in [4.69, 9.17) is 17.7 Å². The van der Waals surface area contributed by atoms with Gasteiger partial charge in [0.25, 0.3) is 0 Å². The smallest absolute Gasteiger partial charge is 0.411 e. The van der Waals surface area contributed by atoms with Gasteiger partial charge >= 0.3 is 14.3 Å². The van der Waals surface area contributed by atoms with E-state index in [1.54, 1.807) is 0 Å². The number of carbonyl (C=O) groups excluding carboxylic acids is 1. The lowest BCUT2D eigenvalue weighted by Gasteiger charge is -2.37. The molecule has 3 heterocycles. The summed E-state index contributed by atoms with van der Waals surface area (Å²) in [4.78, 5) is 14.9. The zero-order valence-corrected chi connectivity index (χ0v) is 23.7. The largest absolute Gasteiger partial charge is 0.445 e. The molecule has 1 fully saturated rings. The first-order valence-electron chi connectivity index (χ1n) is 14.3. The van der Waals surface area contributed by atoms with Gasteiger partial charge in [0.2, 0.25) is 0 Å². The highest BCUT2D eigenvalue weighted by Crippen LogP contribution is 2.42. The summed E-state index contributed by atoms with van der Waals surface area (Å²) >= 11 is 0. The molecular formula is C35H28NO5P. The van der Waals surface area contributed by atoms with Crippen molar-refractivity contribution in [1.82, 2.24) is 4.90 Å². The first kappa shape index (κ1) is 25.2. The van der Waals surface area contributed by atoms with Gasteiger partial charge in [0.05, 0.1) is 18.2 Å². The van der Waals surface area contributed by atoms with Gasteiger partial charge in [0.1, 0.15) is 17.8 Å². The summed E-state index contributed by atoms with van der Waals surface area (Å²) in [5.74, 6) is 0. The van der Waals surface area contributed by atoms with Gasteiger partial charge in [-0.05, 0) is 52.1 Å². The number of nitrogens with zero attached hydrogens (tertiary/aromatic N) is 1. The Bertz CT molecular complexity index is 1920. The molecule has 0 aliphatic carbocycles. The molecule has 6 nitrogen and oxygen atoms in total. The molecule has 0 saturated carbocycles. The summed E-state index contributed by atoms with van der Waals surface area (Å²) in [6, 6.07) is 34.5. The molecule has 5 aromatic carbocycles. The Kier molecular flexibility index (Phi) is 6.24. The third-order valence-corrected chi connectivity index (χ3v) is 9.47. The first-order chi connectivity index (χ1) is 20.7. The Morgan fingerprint density at radius 2 is 1.26 bits per heavy atom. The molecule has 0 spiro atoms. The van der Waals surface area contributed by atoms with Gasteiger partial charge in [-0.3, -0.25) is 9.42 Å². The van der Waals surface area contributed by atoms with Crippen LogP contribution in [0.3, 0.4) is 0 Å². The van der Waals surface area contributed by atoms with E-state index in [9.17, 15) is 4.79 Å². The molecule has 2 aliphatic heterocycles. The number of ether oxygens (including phenoxy) is 1. The minimum Gasteiger partial charge on any atom is -0.445 e. The van der Waals surface area contributed by atoms with E-state index >= 15 is 0 Å². The zero-order valence-electron chi connectivity index (χ0n) is 22.8. The predicted molar refractivity (Wildman–Crippen MR) is 166 cm³/mol. The molecule has 208 valence electrons. The van der Waals surface area contributed by atoms with Crippen molar-refractivity contribution in [2.45, 2.75) is 37.6 Å². The Morgan fingerprint density at radius 1 is 0.714 bits per heavy atom. The van der Waals surface area contributed by atoms with Crippen molar-refractivity contribution in [3.63, 3.8) is 0 Å². The quantitative estimate of drug-likeness (QED) is 0.197. The number of piperidine rings is 1. The zero-order chi connectivity index (χ0) is 28.0. The standard InChI is InChI=1S/C35H28NO5P/c37-35(38-22-23-8-2-1-3-9-23)36-26-16-17-27(36)21-28(20-26)39-42-40-31-18-14-24-10-4-6-12-29(24)33(31)34-30-13-7-5-11-25(30)15-19-32(34)41-42/h1-19,26-28H,20-22H2/t26-,27+,28?. The van der Waals surface area contributed by atoms with Crippen LogP contribution in [0.1, 0.15) is 18.4 Å². The molecule has 1 amide bonds. The number of hydrogen-bond donors (Lipinski definition) is 0. The van der Waals surface area contributed by atoms with E-state index in [-0.39, 0.29) is 30.9 Å². The summed E-state index contributed by atoms with van der Waals surface area (Å²) in [6.45, 7) is 0.255. The van der Waals surface area contributed by atoms with Crippen molar-refractivity contribution in [3.05, 3.63) is 121 Å². The normalized spacial score (nSPS) is 19.6. The van der Waals surface area contributed by atoms with Crippen LogP contribution in [0.4, 0.5) is 4.79 Å². The molecule has 2 bridgehead atoms. The van der Waals surface area contributed by atoms with Gasteiger partial charge in [-0.1, -0.05) is 103 Å². The minimum absolute atomic E-state index is 0.0912. The number of hydrogen-bond acceptors (Lipinski definition) is 5. The Labute approximate surface area is 243 Å². The summed E-state index contributed by atoms with van der Waals surface area (Å²) in [6.07, 6.45) is 5.03. The topological polar surface area (TPSA) is 65.0 Å². The summed E-state index contributed by atoms with van der Waals surface area (Å²) in [5.41, 5.74) is 2.46. The van der Waals surface area contributed by atoms with Crippen LogP contribution in [0.25, 0.3) is 43.5 Å². The average Bonchev–Trinajstić information content (AvgIpc) is 3.19. The van der Waals surface area contributed by atoms with Crippen LogP contribution < -0.4 is 4.52 Å². The van der Waals surface area contributed by atoms with Crippen molar-refractivity contribution >= 4 is 57.8 Å². The second-order valence-corrected chi connectivity index (χ2v) is 11.9. The maximum atomic E-state index is 13.0. The van der Waals surface area contributed by atoms with Crippen LogP contribution in [0.2, 0.25) is 0 Å². The van der Waals surface area contributed by atoms with Crippen LogP contribution in [0, 0.1) is 0 Å². The van der Waals surface area contributed by atoms with Crippen LogP contribution >= 0.6 is 8.24 Å². The van der Waals surface area contributed by atoms with Gasteiger partial charge < -0.3 is 13.1 Å². The Balaban J connectivity index is 1.13. The van der Waals surface area contributed by atoms with Gasteiger partial charge in [-0.15, -0.1) is 0 Å². The summed E-state index contributed by atoms with van der Waals surface area (Å²) in [5, 5.41) is 6.53. The lowest BCUT2D eigenvalue weighted by atomic mass is 9.99. The van der Waals surface area contributed by atoms with E-state index in [1.807, 2.05) is 47.4 Å². The molecule has 1 saturated heterocycles. The van der Waals surface area contributed by atoms with E-state index in [2.05, 4.69) is 72.8 Å². The molecular weight excluding hydrogens is 545 g/mol. The van der Waals surface area contributed by atoms with E-state index < -0.39 is 8.24 Å². The van der Waals surface area contributed by atoms with E-state index in [0.717, 1.165) is 49.0 Å². The van der Waals surface area contributed by atoms with Gasteiger partial charge in [-0.25, -0.2) is 4.79 Å². The van der Waals surface area contributed by atoms with Crippen molar-refractivity contribution in [1.29, 1.82) is 0 Å².